The van der Waals surface area contributed by atoms with Crippen molar-refractivity contribution >= 4 is 6.21 Å². The van der Waals surface area contributed by atoms with Gasteiger partial charge in [0.1, 0.15) is 0 Å². The first-order valence-corrected chi connectivity index (χ1v) is 6.12. The van der Waals surface area contributed by atoms with E-state index in [4.69, 9.17) is 0 Å². The average Bonchev–Trinajstić information content (AvgIpc) is 2.38. The number of aliphatic hydroxyl groups excluding tert-OH is 1. The molecule has 17 heavy (non-hydrogen) atoms. The predicted molar refractivity (Wildman–Crippen MR) is 67.9 cm³/mol. The van der Waals surface area contributed by atoms with Gasteiger partial charge >= 0.3 is 0 Å². The SMILES string of the molecule is CN(N=Cc1ccncc1)C1CCCCC1O. The minimum atomic E-state index is -0.247. The Kier molecular flexibility index (Phi) is 4.09. The number of rotatable bonds is 3. The lowest BCUT2D eigenvalue weighted by Gasteiger charge is -2.33. The van der Waals surface area contributed by atoms with Crippen LogP contribution in [0, 0.1) is 0 Å². The van der Waals surface area contributed by atoms with Gasteiger partial charge in [0.05, 0.1) is 18.4 Å². The molecule has 1 aromatic heterocycles. The second-order valence-electron chi connectivity index (χ2n) is 4.52. The van der Waals surface area contributed by atoms with E-state index in [0.717, 1.165) is 24.8 Å². The maximum atomic E-state index is 9.91. The Hall–Kier alpha value is -1.42. The third-order valence-electron chi connectivity index (χ3n) is 3.27. The molecule has 1 heterocycles. The van der Waals surface area contributed by atoms with Crippen LogP contribution >= 0.6 is 0 Å². The van der Waals surface area contributed by atoms with Crippen molar-refractivity contribution in [3.8, 4) is 0 Å². The van der Waals surface area contributed by atoms with Gasteiger partial charge in [0, 0.05) is 19.4 Å². The predicted octanol–water partition coefficient (Wildman–Crippen LogP) is 1.65. The lowest BCUT2D eigenvalue weighted by Crippen LogP contribution is -2.40. The monoisotopic (exact) mass is 233 g/mol. The van der Waals surface area contributed by atoms with Crippen molar-refractivity contribution < 1.29 is 5.11 Å². The first-order valence-electron chi connectivity index (χ1n) is 6.12. The summed E-state index contributed by atoms with van der Waals surface area (Å²) >= 11 is 0. The van der Waals surface area contributed by atoms with Crippen LogP contribution in [0.2, 0.25) is 0 Å². The van der Waals surface area contributed by atoms with E-state index in [2.05, 4.69) is 10.1 Å². The summed E-state index contributed by atoms with van der Waals surface area (Å²) in [6.07, 6.45) is 9.27. The molecule has 1 aromatic rings. The van der Waals surface area contributed by atoms with Crippen molar-refractivity contribution in [3.05, 3.63) is 30.1 Å². The summed E-state index contributed by atoms with van der Waals surface area (Å²) in [5.74, 6) is 0. The zero-order valence-electron chi connectivity index (χ0n) is 10.2. The number of hydrazone groups is 1. The van der Waals surface area contributed by atoms with Crippen LogP contribution in [0.25, 0.3) is 0 Å². The standard InChI is InChI=1S/C13H19N3O/c1-16(12-4-2-3-5-13(12)17)15-10-11-6-8-14-9-7-11/h6-10,12-13,17H,2-5H2,1H3. The van der Waals surface area contributed by atoms with Gasteiger partial charge in [-0.05, 0) is 30.5 Å². The molecule has 0 saturated heterocycles. The Bertz CT molecular complexity index is 366. The number of aliphatic hydroxyl groups is 1. The molecule has 1 aliphatic carbocycles. The number of pyridine rings is 1. The van der Waals surface area contributed by atoms with Crippen molar-refractivity contribution in [2.45, 2.75) is 37.8 Å². The van der Waals surface area contributed by atoms with Crippen molar-refractivity contribution in [3.63, 3.8) is 0 Å². The van der Waals surface area contributed by atoms with Crippen molar-refractivity contribution in [2.24, 2.45) is 5.10 Å². The summed E-state index contributed by atoms with van der Waals surface area (Å²) in [5, 5.41) is 16.2. The first kappa shape index (κ1) is 12.0. The van der Waals surface area contributed by atoms with Gasteiger partial charge in [0.25, 0.3) is 0 Å². The summed E-state index contributed by atoms with van der Waals surface area (Å²) in [6.45, 7) is 0. The Morgan fingerprint density at radius 3 is 2.76 bits per heavy atom. The molecular formula is C13H19N3O. The fourth-order valence-electron chi connectivity index (χ4n) is 2.22. The normalized spacial score (nSPS) is 25.1. The second-order valence-corrected chi connectivity index (χ2v) is 4.52. The van der Waals surface area contributed by atoms with Crippen molar-refractivity contribution in [1.82, 2.24) is 9.99 Å². The second kappa shape index (κ2) is 5.77. The zero-order chi connectivity index (χ0) is 12.1. The highest BCUT2D eigenvalue weighted by Gasteiger charge is 2.25. The molecule has 1 fully saturated rings. The number of aromatic nitrogens is 1. The van der Waals surface area contributed by atoms with Crippen molar-refractivity contribution in [1.29, 1.82) is 0 Å². The van der Waals surface area contributed by atoms with Gasteiger partial charge in [0.15, 0.2) is 0 Å². The van der Waals surface area contributed by atoms with E-state index in [-0.39, 0.29) is 12.1 Å². The fourth-order valence-corrected chi connectivity index (χ4v) is 2.22. The van der Waals surface area contributed by atoms with Crippen LogP contribution in [0.15, 0.2) is 29.6 Å². The molecule has 2 atom stereocenters. The maximum Gasteiger partial charge on any atom is 0.0759 e. The molecule has 1 saturated carbocycles. The van der Waals surface area contributed by atoms with Crippen LogP contribution in [-0.4, -0.2) is 40.5 Å². The lowest BCUT2D eigenvalue weighted by atomic mass is 9.92. The Labute approximate surface area is 102 Å². The molecule has 0 spiro atoms. The van der Waals surface area contributed by atoms with Gasteiger partial charge in [-0.25, -0.2) is 0 Å². The highest BCUT2D eigenvalue weighted by molar-refractivity contribution is 5.78. The zero-order valence-corrected chi connectivity index (χ0v) is 10.2. The highest BCUT2D eigenvalue weighted by Crippen LogP contribution is 2.22. The molecule has 0 amide bonds. The van der Waals surface area contributed by atoms with Crippen LogP contribution in [0.4, 0.5) is 0 Å². The van der Waals surface area contributed by atoms with E-state index in [9.17, 15) is 5.11 Å². The van der Waals surface area contributed by atoms with E-state index in [1.807, 2.05) is 30.4 Å². The van der Waals surface area contributed by atoms with E-state index in [1.165, 1.54) is 6.42 Å². The minimum absolute atomic E-state index is 0.154. The van der Waals surface area contributed by atoms with Crippen LogP contribution in [0.5, 0.6) is 0 Å². The third kappa shape index (κ3) is 3.27. The summed E-state index contributed by atoms with van der Waals surface area (Å²) in [7, 11) is 1.93. The van der Waals surface area contributed by atoms with Gasteiger partial charge < -0.3 is 5.11 Å². The molecule has 4 heteroatoms. The Balaban J connectivity index is 1.96. The van der Waals surface area contributed by atoms with Gasteiger partial charge in [-0.15, -0.1) is 0 Å². The molecule has 0 aliphatic heterocycles. The van der Waals surface area contributed by atoms with Gasteiger partial charge in [-0.2, -0.15) is 5.10 Å². The average molecular weight is 233 g/mol. The quantitative estimate of drug-likeness (QED) is 0.638. The summed E-state index contributed by atoms with van der Waals surface area (Å²) < 4.78 is 0. The van der Waals surface area contributed by atoms with Gasteiger partial charge in [-0.1, -0.05) is 12.8 Å². The summed E-state index contributed by atoms with van der Waals surface area (Å²) in [5.41, 5.74) is 1.03. The molecule has 0 bridgehead atoms. The summed E-state index contributed by atoms with van der Waals surface area (Å²) in [6, 6.07) is 3.98. The maximum absolute atomic E-state index is 9.91. The summed E-state index contributed by atoms with van der Waals surface area (Å²) in [4.78, 5) is 3.96. The molecule has 2 rings (SSSR count). The first-order chi connectivity index (χ1) is 8.27. The van der Waals surface area contributed by atoms with E-state index in [1.54, 1.807) is 12.4 Å². The fraction of sp³-hybridized carbons (Fsp3) is 0.538. The molecule has 2 unspecified atom stereocenters. The Morgan fingerprint density at radius 1 is 1.35 bits per heavy atom. The molecule has 4 nitrogen and oxygen atoms in total. The largest absolute Gasteiger partial charge is 0.391 e. The van der Waals surface area contributed by atoms with Gasteiger partial charge in [-0.3, -0.25) is 9.99 Å². The van der Waals surface area contributed by atoms with E-state index < -0.39 is 0 Å². The van der Waals surface area contributed by atoms with Crippen LogP contribution in [-0.2, 0) is 0 Å². The van der Waals surface area contributed by atoms with Crippen LogP contribution in [0.1, 0.15) is 31.2 Å². The number of likely N-dealkylation sites (N-methyl/N-ethyl adjacent to an activating group) is 1. The van der Waals surface area contributed by atoms with Crippen LogP contribution < -0.4 is 0 Å². The highest BCUT2D eigenvalue weighted by atomic mass is 16.3. The third-order valence-corrected chi connectivity index (χ3v) is 3.27. The number of hydrogen-bond acceptors (Lipinski definition) is 4. The van der Waals surface area contributed by atoms with Crippen LogP contribution in [0.3, 0.4) is 0 Å². The van der Waals surface area contributed by atoms with Crippen molar-refractivity contribution in [2.75, 3.05) is 7.05 Å². The molecule has 1 aliphatic rings. The topological polar surface area (TPSA) is 48.7 Å². The molecule has 92 valence electrons. The smallest absolute Gasteiger partial charge is 0.0759 e. The molecule has 0 aromatic carbocycles. The number of nitrogens with zero attached hydrogens (tertiary/aromatic N) is 3. The molecular weight excluding hydrogens is 214 g/mol. The van der Waals surface area contributed by atoms with E-state index >= 15 is 0 Å². The minimum Gasteiger partial charge on any atom is -0.391 e. The molecule has 1 N–H and O–H groups in total. The Morgan fingerprint density at radius 2 is 2.06 bits per heavy atom. The van der Waals surface area contributed by atoms with Gasteiger partial charge in [0.2, 0.25) is 0 Å². The lowest BCUT2D eigenvalue weighted by molar-refractivity contribution is 0.0338. The van der Waals surface area contributed by atoms with E-state index in [0.29, 0.717) is 0 Å². The number of hydrogen-bond donors (Lipinski definition) is 1. The molecule has 0 radical (unpaired) electrons.